The topological polar surface area (TPSA) is 26.7 Å². The van der Waals surface area contributed by atoms with Gasteiger partial charge in [0.1, 0.15) is 5.82 Å². The Kier molecular flexibility index (Phi) is 4.97. The quantitative estimate of drug-likeness (QED) is 0.884. The highest BCUT2D eigenvalue weighted by molar-refractivity contribution is 7.99. The Hall–Kier alpha value is -1.56. The summed E-state index contributed by atoms with van der Waals surface area (Å²) in [6.45, 7) is 3.83. The molecule has 132 valence electrons. The zero-order valence-electron chi connectivity index (χ0n) is 14.2. The molecular weight excluding hydrogens is 334 g/mol. The van der Waals surface area contributed by atoms with Gasteiger partial charge < -0.3 is 14.9 Å². The monoisotopic (exact) mass is 357 g/mol. The van der Waals surface area contributed by atoms with Gasteiger partial charge in [-0.2, -0.15) is 0 Å². The number of fused-ring (bicyclic) bond motifs is 2. The summed E-state index contributed by atoms with van der Waals surface area (Å²) < 4.78 is 13.8. The molecule has 3 nitrogen and oxygen atoms in total. The average molecular weight is 357 g/mol. The van der Waals surface area contributed by atoms with E-state index in [9.17, 15) is 9.50 Å². The second-order valence-corrected chi connectivity index (χ2v) is 7.84. The van der Waals surface area contributed by atoms with Gasteiger partial charge in [-0.25, -0.2) is 4.39 Å². The molecule has 1 N–H and O–H groups in total. The number of piperidine rings is 1. The van der Waals surface area contributed by atoms with E-state index in [1.165, 1.54) is 16.6 Å². The minimum Gasteiger partial charge on any atom is -0.393 e. The minimum atomic E-state index is -0.186. The third-order valence-electron chi connectivity index (χ3n) is 5.00. The minimum absolute atomic E-state index is 0.128. The maximum atomic E-state index is 13.8. The molecule has 4 rings (SSSR count). The summed E-state index contributed by atoms with van der Waals surface area (Å²) in [7, 11) is 0. The second-order valence-electron chi connectivity index (χ2n) is 6.76. The Labute approximate surface area is 152 Å². The van der Waals surface area contributed by atoms with Crippen LogP contribution in [0.25, 0.3) is 0 Å². The number of rotatable bonds is 4. The van der Waals surface area contributed by atoms with Gasteiger partial charge in [0, 0.05) is 29.4 Å². The number of likely N-dealkylation sites (tertiary alicyclic amines) is 1. The summed E-state index contributed by atoms with van der Waals surface area (Å²) in [6, 6.07) is 13.4. The second kappa shape index (κ2) is 7.36. The van der Waals surface area contributed by atoms with Crippen LogP contribution >= 0.6 is 11.8 Å². The van der Waals surface area contributed by atoms with Gasteiger partial charge in [-0.1, -0.05) is 23.9 Å². The zero-order valence-corrected chi connectivity index (χ0v) is 15.0. The third-order valence-corrected chi connectivity index (χ3v) is 6.13. The molecular formula is C20H23FN2OS. The van der Waals surface area contributed by atoms with Crippen LogP contribution < -0.4 is 4.90 Å². The average Bonchev–Trinajstić information content (AvgIpc) is 2.63. The molecule has 0 aliphatic carbocycles. The molecule has 0 unspecified atom stereocenters. The van der Waals surface area contributed by atoms with E-state index in [-0.39, 0.29) is 11.9 Å². The Balaban J connectivity index is 1.49. The first-order chi connectivity index (χ1) is 12.2. The van der Waals surface area contributed by atoms with Crippen molar-refractivity contribution < 1.29 is 9.50 Å². The van der Waals surface area contributed by atoms with Crippen molar-refractivity contribution in [3.63, 3.8) is 0 Å². The first kappa shape index (κ1) is 16.9. The molecule has 0 atom stereocenters. The zero-order chi connectivity index (χ0) is 17.2. The van der Waals surface area contributed by atoms with Gasteiger partial charge in [-0.3, -0.25) is 0 Å². The van der Waals surface area contributed by atoms with E-state index in [0.29, 0.717) is 0 Å². The highest BCUT2D eigenvalue weighted by atomic mass is 32.2. The maximum absolute atomic E-state index is 13.8. The van der Waals surface area contributed by atoms with Gasteiger partial charge in [-0.05, 0) is 56.1 Å². The van der Waals surface area contributed by atoms with Crippen LogP contribution in [0.5, 0.6) is 0 Å². The maximum Gasteiger partial charge on any atom is 0.125 e. The molecule has 2 heterocycles. The van der Waals surface area contributed by atoms with Gasteiger partial charge in [0.15, 0.2) is 0 Å². The number of halogens is 1. The van der Waals surface area contributed by atoms with E-state index in [0.717, 1.165) is 56.0 Å². The van der Waals surface area contributed by atoms with Crippen LogP contribution in [0, 0.1) is 5.82 Å². The molecule has 5 heteroatoms. The van der Waals surface area contributed by atoms with Crippen LogP contribution in [0.4, 0.5) is 15.8 Å². The Morgan fingerprint density at radius 2 is 1.76 bits per heavy atom. The number of para-hydroxylation sites is 1. The summed E-state index contributed by atoms with van der Waals surface area (Å²) in [5.41, 5.74) is 2.14. The van der Waals surface area contributed by atoms with Crippen molar-refractivity contribution in [2.24, 2.45) is 0 Å². The van der Waals surface area contributed by atoms with E-state index < -0.39 is 0 Å². The standard InChI is InChI=1S/C20H23FN2OS/c21-15-6-7-20-18(14-15)23(17-4-1-2-5-19(17)25-20)11-3-10-22-12-8-16(24)9-13-22/h1-2,4-7,14,16,24H,3,8-13H2/i21-1. The highest BCUT2D eigenvalue weighted by Crippen LogP contribution is 2.48. The van der Waals surface area contributed by atoms with Crippen LogP contribution in [-0.2, 0) is 0 Å². The summed E-state index contributed by atoms with van der Waals surface area (Å²) in [4.78, 5) is 7.01. The lowest BCUT2D eigenvalue weighted by atomic mass is 10.1. The van der Waals surface area contributed by atoms with Crippen molar-refractivity contribution in [2.45, 2.75) is 35.2 Å². The van der Waals surface area contributed by atoms with Crippen molar-refractivity contribution in [1.82, 2.24) is 4.90 Å². The van der Waals surface area contributed by atoms with Crippen LogP contribution in [0.15, 0.2) is 52.3 Å². The van der Waals surface area contributed by atoms with Gasteiger partial charge in [0.05, 0.1) is 17.5 Å². The first-order valence-electron chi connectivity index (χ1n) is 8.95. The number of anilines is 2. The largest absolute Gasteiger partial charge is 0.393 e. The number of benzene rings is 2. The Morgan fingerprint density at radius 1 is 1.00 bits per heavy atom. The lowest BCUT2D eigenvalue weighted by Crippen LogP contribution is -2.37. The van der Waals surface area contributed by atoms with Crippen LogP contribution in [-0.4, -0.2) is 42.3 Å². The van der Waals surface area contributed by atoms with Gasteiger partial charge >= 0.3 is 0 Å². The smallest absolute Gasteiger partial charge is 0.125 e. The molecule has 2 aromatic carbocycles. The van der Waals surface area contributed by atoms with Crippen LogP contribution in [0.1, 0.15) is 19.3 Å². The van der Waals surface area contributed by atoms with Gasteiger partial charge in [0.25, 0.3) is 0 Å². The lowest BCUT2D eigenvalue weighted by Gasteiger charge is -2.34. The number of aliphatic hydroxyl groups excluding tert-OH is 1. The van der Waals surface area contributed by atoms with Crippen molar-refractivity contribution in [1.29, 1.82) is 0 Å². The number of hydrogen-bond acceptors (Lipinski definition) is 4. The molecule has 1 fully saturated rings. The normalized spacial score (nSPS) is 18.1. The molecule has 2 aromatic rings. The molecule has 2 aliphatic heterocycles. The van der Waals surface area contributed by atoms with Crippen molar-refractivity contribution in [2.75, 3.05) is 31.1 Å². The molecule has 0 aromatic heterocycles. The van der Waals surface area contributed by atoms with E-state index in [4.69, 9.17) is 0 Å². The van der Waals surface area contributed by atoms with E-state index in [1.807, 2.05) is 12.1 Å². The molecule has 0 spiro atoms. The predicted molar refractivity (Wildman–Crippen MR) is 100 cm³/mol. The van der Waals surface area contributed by atoms with E-state index in [2.05, 4.69) is 28.0 Å². The molecule has 0 bridgehead atoms. The van der Waals surface area contributed by atoms with Crippen molar-refractivity contribution in [3.05, 3.63) is 48.3 Å². The molecule has 0 amide bonds. The van der Waals surface area contributed by atoms with Gasteiger partial charge in [0.2, 0.25) is 0 Å². The Morgan fingerprint density at radius 3 is 2.60 bits per heavy atom. The number of aliphatic hydroxyl groups is 1. The Bertz CT molecular complexity index is 746. The fraction of sp³-hybridized carbons (Fsp3) is 0.400. The summed E-state index contributed by atoms with van der Waals surface area (Å²) >= 11 is 1.71. The first-order valence-corrected chi connectivity index (χ1v) is 9.77. The molecule has 0 saturated carbocycles. The summed E-state index contributed by atoms with van der Waals surface area (Å²) in [6.07, 6.45) is 2.64. The summed E-state index contributed by atoms with van der Waals surface area (Å²) in [5, 5.41) is 9.63. The van der Waals surface area contributed by atoms with E-state index >= 15 is 0 Å². The highest BCUT2D eigenvalue weighted by Gasteiger charge is 2.24. The fourth-order valence-corrected chi connectivity index (χ4v) is 4.71. The van der Waals surface area contributed by atoms with Gasteiger partial charge in [-0.15, -0.1) is 0 Å². The third kappa shape index (κ3) is 3.68. The SMILES string of the molecule is OC1CCN(CCCN2c3ccccc3Sc3ccc([18F])cc32)CC1. The van der Waals surface area contributed by atoms with Crippen LogP contribution in [0.2, 0.25) is 0 Å². The number of nitrogens with zero attached hydrogens (tertiary/aromatic N) is 2. The van der Waals surface area contributed by atoms with Crippen molar-refractivity contribution in [3.8, 4) is 0 Å². The predicted octanol–water partition coefficient (Wildman–Crippen LogP) is 4.28. The molecule has 2 aliphatic rings. The summed E-state index contributed by atoms with van der Waals surface area (Å²) in [5.74, 6) is -0.186. The van der Waals surface area contributed by atoms with E-state index in [1.54, 1.807) is 17.8 Å². The molecule has 0 radical (unpaired) electrons. The van der Waals surface area contributed by atoms with Crippen LogP contribution in [0.3, 0.4) is 0 Å². The molecule has 1 saturated heterocycles. The number of hydrogen-bond donors (Lipinski definition) is 1. The van der Waals surface area contributed by atoms with Crippen molar-refractivity contribution >= 4 is 23.1 Å². The lowest BCUT2D eigenvalue weighted by molar-refractivity contribution is 0.0824. The molecule has 25 heavy (non-hydrogen) atoms. The fourth-order valence-electron chi connectivity index (χ4n) is 3.64.